The highest BCUT2D eigenvalue weighted by Gasteiger charge is 2.08. The van der Waals surface area contributed by atoms with Gasteiger partial charge < -0.3 is 20.1 Å². The summed E-state index contributed by atoms with van der Waals surface area (Å²) in [7, 11) is 0. The fraction of sp³-hybridized carbons (Fsp3) is 0.174. The van der Waals surface area contributed by atoms with E-state index in [4.69, 9.17) is 9.47 Å². The number of hydrogen-bond donors (Lipinski definition) is 2. The Hall–Kier alpha value is -3.47. The molecule has 5 heteroatoms. The lowest BCUT2D eigenvalue weighted by Crippen LogP contribution is -2.22. The predicted octanol–water partition coefficient (Wildman–Crippen LogP) is 4.71. The lowest BCUT2D eigenvalue weighted by atomic mass is 10.2. The summed E-state index contributed by atoms with van der Waals surface area (Å²) in [5.74, 6) is 1.25. The number of para-hydroxylation sites is 2. The molecule has 28 heavy (non-hydrogen) atoms. The number of hydrogen-bond acceptors (Lipinski definition) is 4. The summed E-state index contributed by atoms with van der Waals surface area (Å²) in [6.07, 6.45) is 0. The van der Waals surface area contributed by atoms with Gasteiger partial charge in [0.2, 0.25) is 5.91 Å². The Bertz CT molecular complexity index is 897. The molecule has 2 N–H and O–H groups in total. The van der Waals surface area contributed by atoms with E-state index in [1.807, 2.05) is 85.8 Å². The smallest absolute Gasteiger partial charge is 0.243 e. The number of carbonyl (C=O) groups is 1. The minimum atomic E-state index is -0.155. The van der Waals surface area contributed by atoms with Gasteiger partial charge in [-0.3, -0.25) is 4.79 Å². The van der Waals surface area contributed by atoms with Gasteiger partial charge in [-0.1, -0.05) is 48.5 Å². The number of rotatable bonds is 9. The molecule has 0 aromatic heterocycles. The molecule has 0 radical (unpaired) electrons. The van der Waals surface area contributed by atoms with Gasteiger partial charge in [0.15, 0.2) is 0 Å². The molecule has 0 heterocycles. The van der Waals surface area contributed by atoms with E-state index in [0.717, 1.165) is 17.0 Å². The maximum Gasteiger partial charge on any atom is 0.243 e. The predicted molar refractivity (Wildman–Crippen MR) is 112 cm³/mol. The van der Waals surface area contributed by atoms with Crippen LogP contribution >= 0.6 is 0 Å². The molecule has 0 atom stereocenters. The van der Waals surface area contributed by atoms with Crippen LogP contribution in [0.4, 0.5) is 11.4 Å². The van der Waals surface area contributed by atoms with E-state index < -0.39 is 0 Å². The lowest BCUT2D eigenvalue weighted by Gasteiger charge is -2.13. The number of anilines is 2. The van der Waals surface area contributed by atoms with E-state index >= 15 is 0 Å². The Morgan fingerprint density at radius 2 is 1.68 bits per heavy atom. The van der Waals surface area contributed by atoms with E-state index in [-0.39, 0.29) is 12.5 Å². The van der Waals surface area contributed by atoms with Crippen LogP contribution in [0.15, 0.2) is 78.9 Å². The van der Waals surface area contributed by atoms with Gasteiger partial charge >= 0.3 is 0 Å². The van der Waals surface area contributed by atoms with Gasteiger partial charge in [0.25, 0.3) is 0 Å². The van der Waals surface area contributed by atoms with Gasteiger partial charge in [-0.05, 0) is 36.8 Å². The zero-order valence-corrected chi connectivity index (χ0v) is 15.9. The first-order valence-corrected chi connectivity index (χ1v) is 9.27. The summed E-state index contributed by atoms with van der Waals surface area (Å²) in [5, 5.41) is 6.01. The van der Waals surface area contributed by atoms with Crippen LogP contribution in [0.5, 0.6) is 11.5 Å². The first-order valence-electron chi connectivity index (χ1n) is 9.27. The first kappa shape index (κ1) is 19.3. The van der Waals surface area contributed by atoms with Crippen molar-refractivity contribution in [2.45, 2.75) is 13.5 Å². The van der Waals surface area contributed by atoms with E-state index in [2.05, 4.69) is 10.6 Å². The Morgan fingerprint density at radius 3 is 2.50 bits per heavy atom. The monoisotopic (exact) mass is 376 g/mol. The second-order valence-electron chi connectivity index (χ2n) is 6.13. The molecule has 144 valence electrons. The van der Waals surface area contributed by atoms with Gasteiger partial charge in [0, 0.05) is 11.8 Å². The van der Waals surface area contributed by atoms with E-state index in [9.17, 15) is 4.79 Å². The molecule has 5 nitrogen and oxygen atoms in total. The average Bonchev–Trinajstić information content (AvgIpc) is 2.73. The maximum absolute atomic E-state index is 12.4. The molecule has 0 aliphatic rings. The van der Waals surface area contributed by atoms with Crippen molar-refractivity contribution in [3.8, 4) is 11.5 Å². The number of carbonyl (C=O) groups excluding carboxylic acids is 1. The molecule has 3 aromatic carbocycles. The summed E-state index contributed by atoms with van der Waals surface area (Å²) in [5.41, 5.74) is 2.54. The van der Waals surface area contributed by atoms with Crippen LogP contribution in [0.1, 0.15) is 12.5 Å². The van der Waals surface area contributed by atoms with Crippen LogP contribution in [0.3, 0.4) is 0 Å². The zero-order chi connectivity index (χ0) is 19.6. The van der Waals surface area contributed by atoms with Crippen molar-refractivity contribution in [3.63, 3.8) is 0 Å². The third kappa shape index (κ3) is 5.77. The number of ether oxygens (including phenoxy) is 2. The van der Waals surface area contributed by atoms with E-state index in [1.165, 1.54) is 0 Å². The summed E-state index contributed by atoms with van der Waals surface area (Å²) < 4.78 is 11.3. The van der Waals surface area contributed by atoms with Crippen molar-refractivity contribution >= 4 is 17.3 Å². The van der Waals surface area contributed by atoms with Crippen LogP contribution in [0, 0.1) is 0 Å². The normalized spacial score (nSPS) is 10.2. The molecule has 0 aliphatic carbocycles. The summed E-state index contributed by atoms with van der Waals surface area (Å²) in [4.78, 5) is 12.4. The van der Waals surface area contributed by atoms with Crippen LogP contribution < -0.4 is 20.1 Å². The molecular weight excluding hydrogens is 352 g/mol. The van der Waals surface area contributed by atoms with Crippen molar-refractivity contribution in [1.29, 1.82) is 0 Å². The largest absolute Gasteiger partial charge is 0.494 e. The average molecular weight is 376 g/mol. The van der Waals surface area contributed by atoms with Crippen molar-refractivity contribution in [2.24, 2.45) is 0 Å². The number of amides is 1. The van der Waals surface area contributed by atoms with Gasteiger partial charge in [-0.15, -0.1) is 0 Å². The highest BCUT2D eigenvalue weighted by Crippen LogP contribution is 2.25. The Labute approximate surface area is 165 Å². The van der Waals surface area contributed by atoms with Gasteiger partial charge in [0.1, 0.15) is 18.1 Å². The summed E-state index contributed by atoms with van der Waals surface area (Å²) in [6, 6.07) is 24.9. The van der Waals surface area contributed by atoms with Crippen molar-refractivity contribution in [3.05, 3.63) is 84.4 Å². The molecule has 3 rings (SSSR count). The lowest BCUT2D eigenvalue weighted by molar-refractivity contribution is -0.114. The SMILES string of the molecule is CCOc1cccc(NCC(=O)Nc2ccccc2OCc2ccccc2)c1. The third-order valence-corrected chi connectivity index (χ3v) is 4.00. The van der Waals surface area contributed by atoms with Crippen LogP contribution in [0.2, 0.25) is 0 Å². The molecule has 0 saturated heterocycles. The Kier molecular flexibility index (Phi) is 6.90. The Morgan fingerprint density at radius 1 is 0.893 bits per heavy atom. The zero-order valence-electron chi connectivity index (χ0n) is 15.9. The van der Waals surface area contributed by atoms with Crippen molar-refractivity contribution in [2.75, 3.05) is 23.8 Å². The fourth-order valence-corrected chi connectivity index (χ4v) is 2.67. The molecule has 1 amide bonds. The molecule has 0 fully saturated rings. The Balaban J connectivity index is 1.56. The fourth-order valence-electron chi connectivity index (χ4n) is 2.67. The van der Waals surface area contributed by atoms with Gasteiger partial charge in [-0.25, -0.2) is 0 Å². The van der Waals surface area contributed by atoms with Crippen molar-refractivity contribution in [1.82, 2.24) is 0 Å². The topological polar surface area (TPSA) is 59.6 Å². The quantitative estimate of drug-likeness (QED) is 0.568. The third-order valence-electron chi connectivity index (χ3n) is 4.00. The number of benzene rings is 3. The number of nitrogens with one attached hydrogen (secondary N) is 2. The molecule has 0 aliphatic heterocycles. The van der Waals surface area contributed by atoms with E-state index in [0.29, 0.717) is 24.7 Å². The summed E-state index contributed by atoms with van der Waals surface area (Å²) >= 11 is 0. The van der Waals surface area contributed by atoms with Crippen molar-refractivity contribution < 1.29 is 14.3 Å². The molecule has 0 unspecified atom stereocenters. The van der Waals surface area contributed by atoms with Gasteiger partial charge in [0.05, 0.1) is 18.8 Å². The first-order chi connectivity index (χ1) is 13.7. The standard InChI is InChI=1S/C23H24N2O3/c1-2-27-20-12-8-11-19(15-20)24-16-23(26)25-21-13-6-7-14-22(21)28-17-18-9-4-3-5-10-18/h3-15,24H,2,16-17H2,1H3,(H,25,26). The second-order valence-corrected chi connectivity index (χ2v) is 6.13. The molecule has 0 bridgehead atoms. The minimum absolute atomic E-state index is 0.141. The van der Waals surface area contributed by atoms with Crippen LogP contribution in [-0.4, -0.2) is 19.1 Å². The second kappa shape index (κ2) is 10.0. The minimum Gasteiger partial charge on any atom is -0.494 e. The van der Waals surface area contributed by atoms with Crippen LogP contribution in [-0.2, 0) is 11.4 Å². The highest BCUT2D eigenvalue weighted by molar-refractivity contribution is 5.95. The molecular formula is C23H24N2O3. The maximum atomic E-state index is 12.4. The molecule has 0 spiro atoms. The van der Waals surface area contributed by atoms with Gasteiger partial charge in [-0.2, -0.15) is 0 Å². The molecule has 0 saturated carbocycles. The molecule has 3 aromatic rings. The van der Waals surface area contributed by atoms with Crippen LogP contribution in [0.25, 0.3) is 0 Å². The van der Waals surface area contributed by atoms with E-state index in [1.54, 1.807) is 0 Å². The highest BCUT2D eigenvalue weighted by atomic mass is 16.5. The summed E-state index contributed by atoms with van der Waals surface area (Å²) in [6.45, 7) is 3.12.